The number of carbonyl (C=O) groups is 1. The molecule has 4 aromatic rings. The molecular formula is C28H27Br2Cl2N3O2. The van der Waals surface area contributed by atoms with E-state index in [9.17, 15) is 9.90 Å². The number of aromatic nitrogens is 1. The van der Waals surface area contributed by atoms with E-state index in [1.165, 1.54) is 25.3 Å². The summed E-state index contributed by atoms with van der Waals surface area (Å²) in [5.41, 5.74) is 5.73. The molecule has 0 aliphatic carbocycles. The highest BCUT2D eigenvalue weighted by molar-refractivity contribution is 8.93. The quantitative estimate of drug-likeness (QED) is 0.202. The number of nitrogens with zero attached hydrogens (tertiary/aromatic N) is 2. The number of carbonyl (C=O) groups excluding carboxylic acids is 1. The number of halogens is 4. The van der Waals surface area contributed by atoms with Gasteiger partial charge in [0.2, 0.25) is 0 Å². The number of Topliss-reactive ketones (excluding diaryl/α,β-unsaturated/α-hetero) is 1. The Kier molecular flexibility index (Phi) is 10.0. The van der Waals surface area contributed by atoms with Crippen LogP contribution in [0.15, 0.2) is 60.8 Å². The standard InChI is InChI=1S/C28H25Cl2N3O2.2BrH/c1-17(34)23-15-31-26-9-6-19(20-13-24(29)28(35)25(30)14-20)12-22(26)27(23)32-21-7-4-18(5-8-21)16-33-10-2-3-11-33;;/h4-9,12-15,35H,2-3,10-11,16H2,1H3,(H,31,32);2*1H. The molecule has 0 saturated carbocycles. The van der Waals surface area contributed by atoms with Crippen LogP contribution in [-0.4, -0.2) is 33.9 Å². The number of hydrogen-bond acceptors (Lipinski definition) is 5. The van der Waals surface area contributed by atoms with Crippen molar-refractivity contribution in [2.45, 2.75) is 26.3 Å². The first-order valence-electron chi connectivity index (χ1n) is 11.6. The van der Waals surface area contributed by atoms with Gasteiger partial charge in [-0.05, 0) is 85.9 Å². The Balaban J connectivity index is 0.00000190. The lowest BCUT2D eigenvalue weighted by molar-refractivity contribution is 0.101. The zero-order valence-corrected chi connectivity index (χ0v) is 25.1. The molecule has 1 aliphatic heterocycles. The number of ketones is 1. The molecule has 0 atom stereocenters. The smallest absolute Gasteiger partial charge is 0.163 e. The van der Waals surface area contributed by atoms with E-state index >= 15 is 0 Å². The van der Waals surface area contributed by atoms with Gasteiger partial charge in [0.15, 0.2) is 11.5 Å². The van der Waals surface area contributed by atoms with Gasteiger partial charge in [0.05, 0.1) is 26.8 Å². The molecule has 1 fully saturated rings. The fourth-order valence-electron chi connectivity index (χ4n) is 4.54. The summed E-state index contributed by atoms with van der Waals surface area (Å²) in [5, 5.41) is 14.5. The summed E-state index contributed by atoms with van der Waals surface area (Å²) < 4.78 is 0. The molecule has 5 nitrogen and oxygen atoms in total. The summed E-state index contributed by atoms with van der Waals surface area (Å²) in [6.07, 6.45) is 4.16. The molecule has 2 N–H and O–H groups in total. The Morgan fingerprint density at radius 1 is 0.973 bits per heavy atom. The minimum Gasteiger partial charge on any atom is -0.505 e. The van der Waals surface area contributed by atoms with Crippen molar-refractivity contribution < 1.29 is 9.90 Å². The summed E-state index contributed by atoms with van der Waals surface area (Å²) >= 11 is 12.3. The minimum absolute atomic E-state index is 0. The monoisotopic (exact) mass is 665 g/mol. The summed E-state index contributed by atoms with van der Waals surface area (Å²) in [6.45, 7) is 4.81. The lowest BCUT2D eigenvalue weighted by atomic mass is 10.00. The lowest BCUT2D eigenvalue weighted by Crippen LogP contribution is -2.18. The van der Waals surface area contributed by atoms with Crippen LogP contribution in [0.1, 0.15) is 35.7 Å². The number of aromatic hydroxyl groups is 1. The zero-order chi connectivity index (χ0) is 24.5. The normalized spacial score (nSPS) is 13.2. The van der Waals surface area contributed by atoms with Gasteiger partial charge in [-0.1, -0.05) is 41.4 Å². The third-order valence-electron chi connectivity index (χ3n) is 6.43. The number of likely N-dealkylation sites (tertiary alicyclic amines) is 1. The van der Waals surface area contributed by atoms with Crippen LogP contribution in [0.25, 0.3) is 22.0 Å². The Morgan fingerprint density at radius 3 is 2.24 bits per heavy atom. The number of pyridine rings is 1. The molecule has 9 heteroatoms. The molecule has 1 aromatic heterocycles. The van der Waals surface area contributed by atoms with E-state index in [1.54, 1.807) is 18.3 Å². The summed E-state index contributed by atoms with van der Waals surface area (Å²) in [6, 6.07) is 17.4. The molecule has 37 heavy (non-hydrogen) atoms. The fourth-order valence-corrected chi connectivity index (χ4v) is 5.03. The molecule has 5 rings (SSSR count). The molecule has 3 aromatic carbocycles. The number of rotatable bonds is 6. The van der Waals surface area contributed by atoms with Gasteiger partial charge in [-0.25, -0.2) is 0 Å². The second-order valence-corrected chi connectivity index (χ2v) is 9.74. The maximum absolute atomic E-state index is 12.5. The second kappa shape index (κ2) is 12.6. The van der Waals surface area contributed by atoms with Crippen molar-refractivity contribution in [3.05, 3.63) is 82.0 Å². The summed E-state index contributed by atoms with van der Waals surface area (Å²) in [7, 11) is 0. The van der Waals surface area contributed by atoms with Crippen molar-refractivity contribution in [3.63, 3.8) is 0 Å². The predicted octanol–water partition coefficient (Wildman–Crippen LogP) is 8.61. The number of anilines is 2. The Bertz CT molecular complexity index is 1400. The molecule has 0 unspecified atom stereocenters. The van der Waals surface area contributed by atoms with Crippen molar-refractivity contribution in [1.82, 2.24) is 9.88 Å². The van der Waals surface area contributed by atoms with Crippen LogP contribution in [0.2, 0.25) is 10.0 Å². The maximum Gasteiger partial charge on any atom is 0.163 e. The predicted molar refractivity (Wildman–Crippen MR) is 164 cm³/mol. The van der Waals surface area contributed by atoms with E-state index in [1.807, 2.05) is 30.3 Å². The Labute approximate surface area is 247 Å². The van der Waals surface area contributed by atoms with E-state index < -0.39 is 0 Å². The lowest BCUT2D eigenvalue weighted by Gasteiger charge is -2.17. The molecular weight excluding hydrogens is 641 g/mol. The van der Waals surface area contributed by atoms with Crippen LogP contribution in [0.5, 0.6) is 5.75 Å². The van der Waals surface area contributed by atoms with Crippen LogP contribution in [-0.2, 0) is 6.54 Å². The van der Waals surface area contributed by atoms with Crippen LogP contribution in [0.3, 0.4) is 0 Å². The number of fused-ring (bicyclic) bond motifs is 1. The fraction of sp³-hybridized carbons (Fsp3) is 0.214. The third-order valence-corrected chi connectivity index (χ3v) is 7.00. The highest BCUT2D eigenvalue weighted by atomic mass is 79.9. The van der Waals surface area contributed by atoms with E-state index in [-0.39, 0.29) is 55.5 Å². The van der Waals surface area contributed by atoms with Gasteiger partial charge in [-0.2, -0.15) is 0 Å². The SMILES string of the molecule is Br.Br.CC(=O)c1cnc2ccc(-c3cc(Cl)c(O)c(Cl)c3)cc2c1Nc1ccc(CN2CCCC2)cc1. The van der Waals surface area contributed by atoms with Crippen molar-refractivity contribution >= 4 is 85.2 Å². The summed E-state index contributed by atoms with van der Waals surface area (Å²) in [4.78, 5) is 19.5. The first-order valence-corrected chi connectivity index (χ1v) is 12.3. The van der Waals surface area contributed by atoms with Gasteiger partial charge < -0.3 is 10.4 Å². The minimum atomic E-state index is -0.145. The zero-order valence-electron chi connectivity index (χ0n) is 20.1. The number of benzene rings is 3. The number of phenolic OH excluding ortho intramolecular Hbond substituents is 1. The third kappa shape index (κ3) is 6.47. The molecule has 0 bridgehead atoms. The second-order valence-electron chi connectivity index (χ2n) is 8.93. The van der Waals surface area contributed by atoms with Crippen molar-refractivity contribution in [1.29, 1.82) is 0 Å². The highest BCUT2D eigenvalue weighted by Crippen LogP contribution is 2.38. The van der Waals surface area contributed by atoms with E-state index in [0.717, 1.165) is 47.4 Å². The van der Waals surface area contributed by atoms with Crippen LogP contribution in [0, 0.1) is 0 Å². The summed E-state index contributed by atoms with van der Waals surface area (Å²) in [5.74, 6) is -0.220. The molecule has 0 spiro atoms. The number of hydrogen-bond donors (Lipinski definition) is 2. The number of nitrogens with one attached hydrogen (secondary N) is 1. The van der Waals surface area contributed by atoms with E-state index in [0.29, 0.717) is 11.3 Å². The first kappa shape index (κ1) is 29.4. The first-order chi connectivity index (χ1) is 16.9. The van der Waals surface area contributed by atoms with Gasteiger partial charge in [0.25, 0.3) is 0 Å². The highest BCUT2D eigenvalue weighted by Gasteiger charge is 2.16. The Hall–Kier alpha value is -2.16. The molecule has 2 heterocycles. The van der Waals surface area contributed by atoms with Gasteiger partial charge >= 0.3 is 0 Å². The van der Waals surface area contributed by atoms with Crippen molar-refractivity contribution in [2.75, 3.05) is 18.4 Å². The average molecular weight is 668 g/mol. The molecule has 0 amide bonds. The molecule has 1 saturated heterocycles. The number of phenols is 1. The van der Waals surface area contributed by atoms with E-state index in [4.69, 9.17) is 23.2 Å². The topological polar surface area (TPSA) is 65.5 Å². The van der Waals surface area contributed by atoms with Crippen LogP contribution in [0.4, 0.5) is 11.4 Å². The van der Waals surface area contributed by atoms with Gasteiger partial charge in [-0.15, -0.1) is 34.0 Å². The van der Waals surface area contributed by atoms with Gasteiger partial charge in [0.1, 0.15) is 0 Å². The van der Waals surface area contributed by atoms with Gasteiger partial charge in [0, 0.05) is 23.8 Å². The van der Waals surface area contributed by atoms with Gasteiger partial charge in [-0.3, -0.25) is 14.7 Å². The van der Waals surface area contributed by atoms with Crippen LogP contribution < -0.4 is 5.32 Å². The largest absolute Gasteiger partial charge is 0.505 e. The van der Waals surface area contributed by atoms with E-state index in [2.05, 4.69) is 27.3 Å². The Morgan fingerprint density at radius 2 is 1.62 bits per heavy atom. The maximum atomic E-state index is 12.5. The van der Waals surface area contributed by atoms with Crippen LogP contribution >= 0.6 is 57.2 Å². The van der Waals surface area contributed by atoms with Crippen molar-refractivity contribution in [2.24, 2.45) is 0 Å². The van der Waals surface area contributed by atoms with Crippen molar-refractivity contribution in [3.8, 4) is 16.9 Å². The molecule has 0 radical (unpaired) electrons. The molecule has 1 aliphatic rings. The molecule has 194 valence electrons. The average Bonchev–Trinajstić information content (AvgIpc) is 3.36.